The Morgan fingerprint density at radius 2 is 2.33 bits per heavy atom. The maximum absolute atomic E-state index is 10.7. The molecule has 0 spiro atoms. The topological polar surface area (TPSA) is 79.5 Å². The van der Waals surface area contributed by atoms with Crippen LogP contribution in [-0.2, 0) is 17.3 Å². The third-order valence-corrected chi connectivity index (χ3v) is 2.52. The second kappa shape index (κ2) is 5.67. The maximum atomic E-state index is 10.7. The van der Waals surface area contributed by atoms with E-state index in [4.69, 9.17) is 9.52 Å². The fourth-order valence-electron chi connectivity index (χ4n) is 1.02. The molecule has 0 amide bonds. The summed E-state index contributed by atoms with van der Waals surface area (Å²) in [7, 11) is -0.813. The maximum Gasteiger partial charge on any atom is 0.371 e. The molecule has 0 saturated carbocycles. The summed E-state index contributed by atoms with van der Waals surface area (Å²) in [5.74, 6) is 0.00280. The van der Waals surface area contributed by atoms with Gasteiger partial charge in [-0.15, -0.1) is 0 Å². The average Bonchev–Trinajstić information content (AvgIpc) is 2.60. The Kier molecular flexibility index (Phi) is 4.51. The van der Waals surface area contributed by atoms with Gasteiger partial charge in [-0.3, -0.25) is 4.21 Å². The molecule has 0 aliphatic rings. The molecule has 1 atom stereocenters. The smallest absolute Gasteiger partial charge is 0.371 e. The van der Waals surface area contributed by atoms with Crippen molar-refractivity contribution in [3.05, 3.63) is 23.7 Å². The number of hydrogen-bond donors (Lipinski definition) is 2. The van der Waals surface area contributed by atoms with Crippen molar-refractivity contribution in [1.29, 1.82) is 0 Å². The van der Waals surface area contributed by atoms with Gasteiger partial charge in [-0.25, -0.2) is 4.79 Å². The quantitative estimate of drug-likeness (QED) is 0.695. The second-order valence-corrected chi connectivity index (χ2v) is 4.58. The van der Waals surface area contributed by atoms with E-state index in [0.717, 1.165) is 0 Å². The fourth-order valence-corrected chi connectivity index (χ4v) is 1.45. The highest BCUT2D eigenvalue weighted by atomic mass is 32.2. The van der Waals surface area contributed by atoms with E-state index in [1.807, 2.05) is 0 Å². The van der Waals surface area contributed by atoms with Crippen LogP contribution >= 0.6 is 0 Å². The summed E-state index contributed by atoms with van der Waals surface area (Å²) in [6.07, 6.45) is 1.64. The summed E-state index contributed by atoms with van der Waals surface area (Å²) in [6, 6.07) is 3.02. The number of carboxylic acids is 1. The van der Waals surface area contributed by atoms with Gasteiger partial charge < -0.3 is 14.8 Å². The van der Waals surface area contributed by atoms with E-state index in [9.17, 15) is 9.00 Å². The Labute approximate surface area is 89.9 Å². The number of carbonyl (C=O) groups is 1. The first-order chi connectivity index (χ1) is 7.09. The van der Waals surface area contributed by atoms with Gasteiger partial charge >= 0.3 is 5.97 Å². The molecule has 5 nitrogen and oxygen atoms in total. The molecule has 1 aromatic rings. The van der Waals surface area contributed by atoms with Crippen LogP contribution in [0.15, 0.2) is 16.5 Å². The van der Waals surface area contributed by atoms with Crippen molar-refractivity contribution in [1.82, 2.24) is 5.32 Å². The third-order valence-electron chi connectivity index (χ3n) is 1.74. The van der Waals surface area contributed by atoms with Crippen molar-refractivity contribution < 1.29 is 18.5 Å². The van der Waals surface area contributed by atoms with E-state index in [1.54, 1.807) is 12.3 Å². The van der Waals surface area contributed by atoms with Crippen molar-refractivity contribution in [2.24, 2.45) is 0 Å². The zero-order valence-corrected chi connectivity index (χ0v) is 9.17. The summed E-state index contributed by atoms with van der Waals surface area (Å²) in [5.41, 5.74) is 0. The molecule has 0 aliphatic heterocycles. The Hall–Kier alpha value is -1.14. The van der Waals surface area contributed by atoms with Crippen LogP contribution in [0.2, 0.25) is 0 Å². The van der Waals surface area contributed by atoms with Crippen molar-refractivity contribution in [2.75, 3.05) is 18.6 Å². The molecule has 6 heteroatoms. The third kappa shape index (κ3) is 4.26. The van der Waals surface area contributed by atoms with Crippen molar-refractivity contribution in [3.8, 4) is 0 Å². The first-order valence-corrected chi connectivity index (χ1v) is 6.15. The van der Waals surface area contributed by atoms with Gasteiger partial charge in [0.25, 0.3) is 0 Å². The molecular formula is C9H13NO4S. The zero-order valence-electron chi connectivity index (χ0n) is 8.36. The Bertz CT molecular complexity index is 361. The molecule has 0 radical (unpaired) electrons. The Morgan fingerprint density at radius 3 is 2.87 bits per heavy atom. The van der Waals surface area contributed by atoms with E-state index < -0.39 is 16.8 Å². The first kappa shape index (κ1) is 11.9. The predicted octanol–water partition coefficient (Wildman–Crippen LogP) is 0.446. The summed E-state index contributed by atoms with van der Waals surface area (Å²) in [6.45, 7) is 1.07. The summed E-state index contributed by atoms with van der Waals surface area (Å²) in [5, 5.41) is 11.6. The van der Waals surface area contributed by atoms with Gasteiger partial charge in [-0.05, 0) is 12.1 Å². The van der Waals surface area contributed by atoms with Gasteiger partial charge in [-0.2, -0.15) is 0 Å². The minimum Gasteiger partial charge on any atom is -0.475 e. The fraction of sp³-hybridized carbons (Fsp3) is 0.444. The highest BCUT2D eigenvalue weighted by molar-refractivity contribution is 7.84. The largest absolute Gasteiger partial charge is 0.475 e. The lowest BCUT2D eigenvalue weighted by atomic mass is 10.4. The number of nitrogens with one attached hydrogen (secondary N) is 1. The lowest BCUT2D eigenvalue weighted by Gasteiger charge is -1.99. The predicted molar refractivity (Wildman–Crippen MR) is 56.3 cm³/mol. The molecule has 0 aliphatic carbocycles. The number of aromatic carboxylic acids is 1. The molecule has 1 rings (SSSR count). The van der Waals surface area contributed by atoms with Crippen LogP contribution in [0.3, 0.4) is 0 Å². The highest BCUT2D eigenvalue weighted by Crippen LogP contribution is 2.06. The molecule has 2 N–H and O–H groups in total. The van der Waals surface area contributed by atoms with Gasteiger partial charge in [-0.1, -0.05) is 0 Å². The summed E-state index contributed by atoms with van der Waals surface area (Å²) >= 11 is 0. The molecule has 0 bridgehead atoms. The minimum atomic E-state index is -1.07. The Morgan fingerprint density at radius 1 is 1.60 bits per heavy atom. The molecule has 0 saturated heterocycles. The van der Waals surface area contributed by atoms with Crippen LogP contribution < -0.4 is 5.32 Å². The SMILES string of the molecule is CS(=O)CCNCc1ccc(C(=O)O)o1. The molecule has 15 heavy (non-hydrogen) atoms. The Balaban J connectivity index is 2.31. The van der Waals surface area contributed by atoms with Gasteiger partial charge in [0, 0.05) is 29.4 Å². The van der Waals surface area contributed by atoms with Gasteiger partial charge in [0.2, 0.25) is 5.76 Å². The van der Waals surface area contributed by atoms with Crippen LogP contribution in [0.1, 0.15) is 16.3 Å². The number of carboxylic acid groups (broad SMARTS) is 1. The normalized spacial score (nSPS) is 12.6. The number of furan rings is 1. The van der Waals surface area contributed by atoms with Gasteiger partial charge in [0.1, 0.15) is 5.76 Å². The monoisotopic (exact) mass is 231 g/mol. The second-order valence-electron chi connectivity index (χ2n) is 3.03. The van der Waals surface area contributed by atoms with Crippen LogP contribution in [0, 0.1) is 0 Å². The molecule has 1 unspecified atom stereocenters. The van der Waals surface area contributed by atoms with Crippen molar-refractivity contribution in [3.63, 3.8) is 0 Å². The van der Waals surface area contributed by atoms with Crippen LogP contribution in [0.4, 0.5) is 0 Å². The summed E-state index contributed by atoms with van der Waals surface area (Å²) < 4.78 is 15.7. The molecule has 84 valence electrons. The molecule has 0 fully saturated rings. The zero-order chi connectivity index (χ0) is 11.3. The molecule has 1 aromatic heterocycles. The standard InChI is InChI=1S/C9H13NO4S/c1-15(13)5-4-10-6-7-2-3-8(14-7)9(11)12/h2-3,10H,4-6H2,1H3,(H,11,12). The van der Waals surface area contributed by atoms with Crippen molar-refractivity contribution >= 4 is 16.8 Å². The number of rotatable bonds is 6. The number of hydrogen-bond acceptors (Lipinski definition) is 4. The van der Waals surface area contributed by atoms with Crippen LogP contribution in [-0.4, -0.2) is 33.8 Å². The lowest BCUT2D eigenvalue weighted by molar-refractivity contribution is 0.0660. The average molecular weight is 231 g/mol. The van der Waals surface area contributed by atoms with Crippen molar-refractivity contribution in [2.45, 2.75) is 6.54 Å². The summed E-state index contributed by atoms with van der Waals surface area (Å²) in [4.78, 5) is 10.5. The van der Waals surface area contributed by atoms with E-state index in [1.165, 1.54) is 6.07 Å². The van der Waals surface area contributed by atoms with Gasteiger partial charge in [0.05, 0.1) is 6.54 Å². The lowest BCUT2D eigenvalue weighted by Crippen LogP contribution is -2.19. The molecule has 0 aromatic carbocycles. The van der Waals surface area contributed by atoms with E-state index in [2.05, 4.69) is 5.32 Å². The van der Waals surface area contributed by atoms with Crippen LogP contribution in [0.25, 0.3) is 0 Å². The molecular weight excluding hydrogens is 218 g/mol. The van der Waals surface area contributed by atoms with Gasteiger partial charge in [0.15, 0.2) is 0 Å². The molecule has 1 heterocycles. The first-order valence-electron chi connectivity index (χ1n) is 4.42. The van der Waals surface area contributed by atoms with E-state index in [0.29, 0.717) is 24.6 Å². The minimum absolute atomic E-state index is 0.0640. The highest BCUT2D eigenvalue weighted by Gasteiger charge is 2.07. The van der Waals surface area contributed by atoms with E-state index in [-0.39, 0.29) is 5.76 Å². The van der Waals surface area contributed by atoms with Crippen LogP contribution in [0.5, 0.6) is 0 Å². The van der Waals surface area contributed by atoms with E-state index >= 15 is 0 Å².